The molecule has 0 bridgehead atoms. The molecule has 1 heterocycles. The summed E-state index contributed by atoms with van der Waals surface area (Å²) in [5, 5.41) is 3.44. The van der Waals surface area contributed by atoms with Crippen molar-refractivity contribution in [2.75, 3.05) is 24.3 Å². The van der Waals surface area contributed by atoms with Gasteiger partial charge in [-0.1, -0.05) is 30.2 Å². The zero-order chi connectivity index (χ0) is 23.4. The molecule has 0 spiro atoms. The molecule has 1 aromatic heterocycles. The molecule has 1 saturated carbocycles. The van der Waals surface area contributed by atoms with Crippen LogP contribution in [0.1, 0.15) is 40.9 Å². The average Bonchev–Trinajstić information content (AvgIpc) is 3.25. The number of furan rings is 1. The first-order valence-corrected chi connectivity index (χ1v) is 11.5. The Labute approximate surface area is 199 Å². The number of hydrogen-bond donors (Lipinski definition) is 1. The van der Waals surface area contributed by atoms with Crippen molar-refractivity contribution in [2.24, 2.45) is 5.92 Å². The van der Waals surface area contributed by atoms with E-state index < -0.39 is 0 Å². The summed E-state index contributed by atoms with van der Waals surface area (Å²) in [6.45, 7) is 0.619. The summed E-state index contributed by atoms with van der Waals surface area (Å²) in [6.07, 6.45) is 4.58. The van der Waals surface area contributed by atoms with E-state index >= 15 is 0 Å². The maximum atomic E-state index is 13.5. The van der Waals surface area contributed by atoms with Crippen LogP contribution in [0, 0.1) is 5.92 Å². The highest BCUT2D eigenvalue weighted by atomic mass is 35.5. The second kappa shape index (κ2) is 10.1. The third-order valence-electron chi connectivity index (χ3n) is 5.98. The third kappa shape index (κ3) is 5.40. The number of carbonyl (C=O) groups is 2. The van der Waals surface area contributed by atoms with Crippen molar-refractivity contribution in [3.63, 3.8) is 0 Å². The van der Waals surface area contributed by atoms with Gasteiger partial charge in [0.2, 0.25) is 5.91 Å². The van der Waals surface area contributed by atoms with Gasteiger partial charge < -0.3 is 19.5 Å². The van der Waals surface area contributed by atoms with Crippen LogP contribution in [0.2, 0.25) is 5.02 Å². The highest BCUT2D eigenvalue weighted by molar-refractivity contribution is 6.33. The maximum Gasteiger partial charge on any atom is 0.256 e. The Morgan fingerprint density at radius 1 is 1.06 bits per heavy atom. The molecule has 0 unspecified atom stereocenters. The molecule has 0 atom stereocenters. The number of amides is 2. The van der Waals surface area contributed by atoms with Gasteiger partial charge in [-0.3, -0.25) is 9.59 Å². The van der Waals surface area contributed by atoms with Crippen LogP contribution in [-0.4, -0.2) is 30.8 Å². The van der Waals surface area contributed by atoms with Crippen LogP contribution in [0.25, 0.3) is 0 Å². The van der Waals surface area contributed by atoms with E-state index in [1.807, 2.05) is 43.3 Å². The van der Waals surface area contributed by atoms with E-state index in [0.717, 1.165) is 36.2 Å². The normalized spacial score (nSPS) is 13.3. The summed E-state index contributed by atoms with van der Waals surface area (Å²) >= 11 is 6.33. The lowest BCUT2D eigenvalue weighted by molar-refractivity contribution is -0.122. The Bertz CT molecular complexity index is 1120. The van der Waals surface area contributed by atoms with Crippen LogP contribution in [0.5, 0.6) is 0 Å². The number of rotatable bonds is 8. The van der Waals surface area contributed by atoms with Crippen LogP contribution in [-0.2, 0) is 17.9 Å². The van der Waals surface area contributed by atoms with Crippen LogP contribution in [0.4, 0.5) is 11.4 Å². The van der Waals surface area contributed by atoms with Crippen molar-refractivity contribution in [2.45, 2.75) is 32.4 Å². The Hall–Kier alpha value is -3.25. The standard InChI is InChI=1S/C26H28ClN3O3/c1-29(2)24-13-12-20(28-25(31)18-7-5-8-18)15-19(24)16-30(17-21-9-6-14-33-21)26(32)22-10-3-4-11-23(22)27/h3-4,6,9-15,18H,5,7-8,16-17H2,1-2H3,(H,28,31). The van der Waals surface area contributed by atoms with E-state index in [-0.39, 0.29) is 17.7 Å². The quantitative estimate of drug-likeness (QED) is 0.471. The molecule has 7 heteroatoms. The lowest BCUT2D eigenvalue weighted by Gasteiger charge is -2.27. The minimum atomic E-state index is -0.189. The highest BCUT2D eigenvalue weighted by Gasteiger charge is 2.26. The number of benzene rings is 2. The number of hydrogen-bond acceptors (Lipinski definition) is 4. The SMILES string of the molecule is CN(C)c1ccc(NC(=O)C2CCC2)cc1CN(Cc1ccco1)C(=O)c1ccccc1Cl. The maximum absolute atomic E-state index is 13.5. The Balaban J connectivity index is 1.64. The van der Waals surface area contributed by atoms with Gasteiger partial charge in [0.15, 0.2) is 0 Å². The van der Waals surface area contributed by atoms with Crippen molar-refractivity contribution in [3.05, 3.63) is 82.8 Å². The van der Waals surface area contributed by atoms with Crippen LogP contribution in [0.3, 0.4) is 0 Å². The van der Waals surface area contributed by atoms with Gasteiger partial charge in [-0.2, -0.15) is 0 Å². The topological polar surface area (TPSA) is 65.8 Å². The fourth-order valence-electron chi connectivity index (χ4n) is 3.94. The predicted molar refractivity (Wildman–Crippen MR) is 130 cm³/mol. The highest BCUT2D eigenvalue weighted by Crippen LogP contribution is 2.30. The molecule has 1 N–H and O–H groups in total. The minimum Gasteiger partial charge on any atom is -0.467 e. The zero-order valence-corrected chi connectivity index (χ0v) is 19.6. The molecule has 4 rings (SSSR count). The van der Waals surface area contributed by atoms with Gasteiger partial charge in [0.1, 0.15) is 5.76 Å². The van der Waals surface area contributed by atoms with Crippen molar-refractivity contribution in [1.29, 1.82) is 0 Å². The first-order valence-electron chi connectivity index (χ1n) is 11.1. The zero-order valence-electron chi connectivity index (χ0n) is 18.9. The fourth-order valence-corrected chi connectivity index (χ4v) is 4.16. The summed E-state index contributed by atoms with van der Waals surface area (Å²) in [6, 6.07) is 16.5. The molecule has 1 aliphatic rings. The monoisotopic (exact) mass is 465 g/mol. The summed E-state index contributed by atoms with van der Waals surface area (Å²) in [4.78, 5) is 29.7. The molecule has 0 aliphatic heterocycles. The van der Waals surface area contributed by atoms with Gasteiger partial charge in [-0.15, -0.1) is 0 Å². The number of anilines is 2. The molecule has 1 fully saturated rings. The average molecular weight is 466 g/mol. The fraction of sp³-hybridized carbons (Fsp3) is 0.308. The first kappa shape index (κ1) is 22.9. The van der Waals surface area contributed by atoms with E-state index in [0.29, 0.717) is 29.4 Å². The smallest absolute Gasteiger partial charge is 0.256 e. The van der Waals surface area contributed by atoms with E-state index in [1.165, 1.54) is 0 Å². The summed E-state index contributed by atoms with van der Waals surface area (Å²) < 4.78 is 5.52. The van der Waals surface area contributed by atoms with E-state index in [9.17, 15) is 9.59 Å². The van der Waals surface area contributed by atoms with Gasteiger partial charge in [-0.25, -0.2) is 0 Å². The second-order valence-electron chi connectivity index (χ2n) is 8.58. The summed E-state index contributed by atoms with van der Waals surface area (Å²) in [7, 11) is 3.91. The number of nitrogens with one attached hydrogen (secondary N) is 1. The van der Waals surface area contributed by atoms with Crippen molar-refractivity contribution < 1.29 is 14.0 Å². The van der Waals surface area contributed by atoms with Crippen molar-refractivity contribution >= 4 is 34.8 Å². The number of halogens is 1. The number of nitrogens with zero attached hydrogens (tertiary/aromatic N) is 2. The van der Waals surface area contributed by atoms with E-state index in [2.05, 4.69) is 5.32 Å². The molecule has 172 valence electrons. The van der Waals surface area contributed by atoms with Crippen molar-refractivity contribution in [3.8, 4) is 0 Å². The van der Waals surface area contributed by atoms with E-state index in [4.69, 9.17) is 16.0 Å². The Morgan fingerprint density at radius 3 is 2.48 bits per heavy atom. The van der Waals surface area contributed by atoms with Gasteiger partial charge >= 0.3 is 0 Å². The van der Waals surface area contributed by atoms with Crippen LogP contribution in [0.15, 0.2) is 65.3 Å². The van der Waals surface area contributed by atoms with Gasteiger partial charge in [0, 0.05) is 37.9 Å². The molecular weight excluding hydrogens is 438 g/mol. The Morgan fingerprint density at radius 2 is 1.85 bits per heavy atom. The summed E-state index contributed by atoms with van der Waals surface area (Å²) in [5.41, 5.74) is 3.05. The molecule has 6 nitrogen and oxygen atoms in total. The largest absolute Gasteiger partial charge is 0.467 e. The lowest BCUT2D eigenvalue weighted by atomic mass is 9.85. The van der Waals surface area contributed by atoms with Gasteiger partial charge in [-0.05, 0) is 60.9 Å². The minimum absolute atomic E-state index is 0.0596. The van der Waals surface area contributed by atoms with E-state index in [1.54, 1.807) is 41.5 Å². The second-order valence-corrected chi connectivity index (χ2v) is 8.98. The first-order chi connectivity index (χ1) is 15.9. The molecule has 2 amide bonds. The van der Waals surface area contributed by atoms with Gasteiger partial charge in [0.05, 0.1) is 23.4 Å². The summed E-state index contributed by atoms with van der Waals surface area (Å²) in [5.74, 6) is 0.644. The van der Waals surface area contributed by atoms with Crippen molar-refractivity contribution in [1.82, 2.24) is 4.90 Å². The number of carbonyl (C=O) groups excluding carboxylic acids is 2. The van der Waals surface area contributed by atoms with Crippen LogP contribution < -0.4 is 10.2 Å². The van der Waals surface area contributed by atoms with Gasteiger partial charge in [0.25, 0.3) is 5.91 Å². The molecular formula is C26H28ClN3O3. The Kier molecular flexibility index (Phi) is 7.04. The molecule has 33 heavy (non-hydrogen) atoms. The third-order valence-corrected chi connectivity index (χ3v) is 6.31. The molecule has 0 saturated heterocycles. The predicted octanol–water partition coefficient (Wildman–Crippen LogP) is 5.58. The molecule has 1 aliphatic carbocycles. The lowest BCUT2D eigenvalue weighted by Crippen LogP contribution is -2.31. The molecule has 0 radical (unpaired) electrons. The molecule has 3 aromatic rings. The van der Waals surface area contributed by atoms with Crippen LogP contribution >= 0.6 is 11.6 Å². The molecule has 2 aromatic carbocycles.